The maximum atomic E-state index is 12.8. The van der Waals surface area contributed by atoms with Gasteiger partial charge >= 0.3 is 5.97 Å². The van der Waals surface area contributed by atoms with Gasteiger partial charge in [-0.05, 0) is 51.0 Å². The molecule has 0 aliphatic rings. The van der Waals surface area contributed by atoms with Crippen LogP contribution in [0.1, 0.15) is 15.9 Å². The second-order valence-corrected chi connectivity index (χ2v) is 6.94. The Hall–Kier alpha value is -3.39. The minimum absolute atomic E-state index is 0.272. The molecule has 0 aliphatic heterocycles. The van der Waals surface area contributed by atoms with Crippen molar-refractivity contribution < 1.29 is 19.1 Å². The van der Waals surface area contributed by atoms with Crippen LogP contribution in [0.4, 0.5) is 0 Å². The summed E-state index contributed by atoms with van der Waals surface area (Å²) in [5.74, 6) is 0.310. The third-order valence-corrected chi connectivity index (χ3v) is 4.86. The van der Waals surface area contributed by atoms with Crippen LogP contribution in [0.3, 0.4) is 0 Å². The molecule has 0 fully saturated rings. The van der Waals surface area contributed by atoms with Gasteiger partial charge in [-0.3, -0.25) is 0 Å². The monoisotopic (exact) mass is 453 g/mol. The summed E-state index contributed by atoms with van der Waals surface area (Å²) in [6.07, 6.45) is 0. The molecule has 0 saturated heterocycles. The first kappa shape index (κ1) is 18.9. The molecule has 4 rings (SSSR count). The molecule has 0 bridgehead atoms. The third kappa shape index (κ3) is 4.07. The van der Waals surface area contributed by atoms with Gasteiger partial charge in [-0.1, -0.05) is 47.3 Å². The zero-order chi connectivity index (χ0) is 20.2. The summed E-state index contributed by atoms with van der Waals surface area (Å²) >= 11 is 3.39. The fraction of sp³-hybridized carbons (Fsp3) is 0.0952. The van der Waals surface area contributed by atoms with Crippen molar-refractivity contribution in [3.63, 3.8) is 0 Å². The number of aromatic nitrogens is 3. The van der Waals surface area contributed by atoms with E-state index in [1.54, 1.807) is 24.3 Å². The minimum atomic E-state index is -0.611. The first-order chi connectivity index (χ1) is 14.2. The van der Waals surface area contributed by atoms with E-state index >= 15 is 0 Å². The van der Waals surface area contributed by atoms with Crippen LogP contribution in [0, 0.1) is 0 Å². The molecule has 0 N–H and O–H groups in total. The van der Waals surface area contributed by atoms with Crippen molar-refractivity contribution in [1.29, 1.82) is 0 Å². The van der Waals surface area contributed by atoms with Crippen LogP contribution in [0.25, 0.3) is 11.0 Å². The third-order valence-electron chi connectivity index (χ3n) is 4.20. The second kappa shape index (κ2) is 8.32. The van der Waals surface area contributed by atoms with Crippen LogP contribution < -0.4 is 14.3 Å². The molecule has 0 amide bonds. The van der Waals surface area contributed by atoms with Crippen LogP contribution in [0.15, 0.2) is 71.2 Å². The Bertz CT molecular complexity index is 1160. The van der Waals surface area contributed by atoms with Crippen LogP contribution >= 0.6 is 15.9 Å². The number of methoxy groups -OCH3 is 1. The lowest BCUT2D eigenvalue weighted by atomic mass is 10.2. The topological polar surface area (TPSA) is 75.5 Å². The number of para-hydroxylation sites is 1. The highest BCUT2D eigenvalue weighted by Crippen LogP contribution is 2.34. The molecule has 8 heteroatoms. The number of benzene rings is 3. The largest absolute Gasteiger partial charge is 0.493 e. The molecule has 3 aromatic carbocycles. The fourth-order valence-corrected chi connectivity index (χ4v) is 3.23. The number of carbonyl (C=O) groups excluding carboxylic acids is 1. The van der Waals surface area contributed by atoms with Gasteiger partial charge in [-0.25, -0.2) is 4.79 Å². The summed E-state index contributed by atoms with van der Waals surface area (Å²) < 4.78 is 11.8. The van der Waals surface area contributed by atoms with E-state index in [-0.39, 0.29) is 5.56 Å². The van der Waals surface area contributed by atoms with Gasteiger partial charge in [0.2, 0.25) is 0 Å². The van der Waals surface area contributed by atoms with E-state index in [0.717, 1.165) is 10.4 Å². The number of hydrogen-bond donors (Lipinski definition) is 0. The molecule has 0 atom stereocenters. The number of ether oxygens (including phenoxy) is 2. The van der Waals surface area contributed by atoms with Gasteiger partial charge < -0.3 is 14.3 Å². The number of fused-ring (bicyclic) bond motifs is 1. The Morgan fingerprint density at radius 1 is 1.03 bits per heavy atom. The zero-order valence-corrected chi connectivity index (χ0v) is 17.0. The van der Waals surface area contributed by atoms with Gasteiger partial charge in [-0.15, -0.1) is 5.10 Å². The van der Waals surface area contributed by atoms with Gasteiger partial charge in [0, 0.05) is 4.47 Å². The molecule has 146 valence electrons. The van der Waals surface area contributed by atoms with E-state index in [1.807, 2.05) is 42.5 Å². The molecule has 1 heterocycles. The highest BCUT2D eigenvalue weighted by molar-refractivity contribution is 9.10. The standard InChI is InChI=1S/C21H16BrN3O4/c1-27-19-12-16(22)15(11-20(19)28-13-14-7-3-2-4-8-14)21(26)29-25-18-10-6-5-9-17(18)23-24-25/h2-12H,13H2,1H3. The van der Waals surface area contributed by atoms with Gasteiger partial charge in [0.25, 0.3) is 0 Å². The van der Waals surface area contributed by atoms with E-state index in [2.05, 4.69) is 26.2 Å². The predicted octanol–water partition coefficient (Wildman–Crippen LogP) is 4.05. The lowest BCUT2D eigenvalue weighted by Gasteiger charge is -2.13. The number of hydrogen-bond acceptors (Lipinski definition) is 6. The van der Waals surface area contributed by atoms with Crippen LogP contribution in [-0.2, 0) is 6.61 Å². The molecule has 0 aliphatic carbocycles. The Morgan fingerprint density at radius 3 is 2.59 bits per heavy atom. The Morgan fingerprint density at radius 2 is 1.79 bits per heavy atom. The number of rotatable bonds is 6. The lowest BCUT2D eigenvalue weighted by Crippen LogP contribution is -2.21. The van der Waals surface area contributed by atoms with Crippen molar-refractivity contribution in [2.75, 3.05) is 7.11 Å². The van der Waals surface area contributed by atoms with E-state index in [4.69, 9.17) is 14.3 Å². The van der Waals surface area contributed by atoms with Crippen LogP contribution in [0.2, 0.25) is 0 Å². The highest BCUT2D eigenvalue weighted by atomic mass is 79.9. The van der Waals surface area contributed by atoms with E-state index in [1.165, 1.54) is 7.11 Å². The second-order valence-electron chi connectivity index (χ2n) is 6.09. The SMILES string of the molecule is COc1cc(Br)c(C(=O)On2nnc3ccccc32)cc1OCc1ccccc1. The Labute approximate surface area is 174 Å². The molecule has 7 nitrogen and oxygen atoms in total. The predicted molar refractivity (Wildman–Crippen MR) is 110 cm³/mol. The quantitative estimate of drug-likeness (QED) is 0.410. The van der Waals surface area contributed by atoms with E-state index < -0.39 is 5.97 Å². The summed E-state index contributed by atoms with van der Waals surface area (Å²) in [5, 5.41) is 7.85. The average Bonchev–Trinajstić information content (AvgIpc) is 3.16. The lowest BCUT2D eigenvalue weighted by molar-refractivity contribution is 0.0407. The van der Waals surface area contributed by atoms with Crippen molar-refractivity contribution in [2.45, 2.75) is 6.61 Å². The highest BCUT2D eigenvalue weighted by Gasteiger charge is 2.19. The molecule has 0 unspecified atom stereocenters. The average molecular weight is 454 g/mol. The number of carbonyl (C=O) groups is 1. The molecule has 4 aromatic rings. The zero-order valence-electron chi connectivity index (χ0n) is 15.4. The molecule has 29 heavy (non-hydrogen) atoms. The molecule has 1 aromatic heterocycles. The van der Waals surface area contributed by atoms with Gasteiger partial charge in [0.15, 0.2) is 11.5 Å². The van der Waals surface area contributed by atoms with Gasteiger partial charge in [0.05, 0.1) is 12.7 Å². The summed E-state index contributed by atoms with van der Waals surface area (Å²) in [4.78, 5) is 19.3. The fourth-order valence-electron chi connectivity index (χ4n) is 2.74. The molecular weight excluding hydrogens is 438 g/mol. The molecular formula is C21H16BrN3O4. The Balaban J connectivity index is 1.59. The number of nitrogens with zero attached hydrogens (tertiary/aromatic N) is 3. The normalized spacial score (nSPS) is 10.7. The first-order valence-electron chi connectivity index (χ1n) is 8.73. The van der Waals surface area contributed by atoms with Crippen molar-refractivity contribution >= 4 is 32.9 Å². The van der Waals surface area contributed by atoms with Crippen LogP contribution in [-0.4, -0.2) is 28.2 Å². The van der Waals surface area contributed by atoms with Crippen molar-refractivity contribution in [2.24, 2.45) is 0 Å². The summed E-state index contributed by atoms with van der Waals surface area (Å²) in [6.45, 7) is 0.334. The van der Waals surface area contributed by atoms with E-state index in [0.29, 0.717) is 33.6 Å². The van der Waals surface area contributed by atoms with Crippen molar-refractivity contribution in [1.82, 2.24) is 15.2 Å². The maximum absolute atomic E-state index is 12.8. The van der Waals surface area contributed by atoms with Crippen LogP contribution in [0.5, 0.6) is 11.5 Å². The van der Waals surface area contributed by atoms with Gasteiger partial charge in [0.1, 0.15) is 17.6 Å². The van der Waals surface area contributed by atoms with E-state index in [9.17, 15) is 4.79 Å². The maximum Gasteiger partial charge on any atom is 0.367 e. The smallest absolute Gasteiger partial charge is 0.367 e. The van der Waals surface area contributed by atoms with Gasteiger partial charge in [-0.2, -0.15) is 0 Å². The summed E-state index contributed by atoms with van der Waals surface area (Å²) in [7, 11) is 1.54. The summed E-state index contributed by atoms with van der Waals surface area (Å²) in [5.41, 5.74) is 2.48. The molecule has 0 spiro atoms. The summed E-state index contributed by atoms with van der Waals surface area (Å²) in [6, 6.07) is 20.1. The molecule has 0 radical (unpaired) electrons. The Kier molecular flexibility index (Phi) is 5.44. The number of halogens is 1. The minimum Gasteiger partial charge on any atom is -0.493 e. The molecule has 0 saturated carbocycles. The van der Waals surface area contributed by atoms with Crippen molar-refractivity contribution in [3.05, 3.63) is 82.3 Å². The van der Waals surface area contributed by atoms with Crippen molar-refractivity contribution in [3.8, 4) is 11.5 Å². The first-order valence-corrected chi connectivity index (χ1v) is 9.52.